The molecule has 0 unspecified atom stereocenters. The maximum absolute atomic E-state index is 12.5. The molecule has 2 rings (SSSR count). The monoisotopic (exact) mass is 370 g/mol. The van der Waals surface area contributed by atoms with E-state index < -0.39 is 10.0 Å². The Kier molecular flexibility index (Phi) is 4.43. The second-order valence-electron chi connectivity index (χ2n) is 4.48. The van der Waals surface area contributed by atoms with E-state index >= 15 is 0 Å². The molecule has 0 saturated carbocycles. The molecule has 0 aliphatic rings. The number of hydrogen-bond donors (Lipinski definition) is 2. The van der Waals surface area contributed by atoms with Crippen molar-refractivity contribution >= 4 is 37.3 Å². The molecule has 0 fully saturated rings. The molecule has 2 aromatic carbocycles. The highest BCUT2D eigenvalue weighted by molar-refractivity contribution is 9.10. The number of aryl methyl sites for hydroxylation is 1. The molecule has 2 aromatic rings. The molecule has 0 radical (unpaired) electrons. The summed E-state index contributed by atoms with van der Waals surface area (Å²) in [5, 5.41) is 0. The minimum atomic E-state index is -3.72. The van der Waals surface area contributed by atoms with Gasteiger partial charge in [-0.2, -0.15) is 0 Å². The number of rotatable bonds is 4. The summed E-state index contributed by atoms with van der Waals surface area (Å²) in [6, 6.07) is 9.75. The zero-order chi connectivity index (χ0) is 15.6. The van der Waals surface area contributed by atoms with Crippen LogP contribution >= 0.6 is 15.9 Å². The van der Waals surface area contributed by atoms with Gasteiger partial charge >= 0.3 is 0 Å². The molecule has 0 heterocycles. The van der Waals surface area contributed by atoms with E-state index in [1.54, 1.807) is 37.3 Å². The summed E-state index contributed by atoms with van der Waals surface area (Å²) >= 11 is 3.31. The Morgan fingerprint density at radius 2 is 1.90 bits per heavy atom. The Morgan fingerprint density at radius 3 is 2.52 bits per heavy atom. The number of nitrogens with two attached hydrogens (primary N) is 1. The van der Waals surface area contributed by atoms with Crippen molar-refractivity contribution < 1.29 is 13.2 Å². The first kappa shape index (κ1) is 15.7. The van der Waals surface area contributed by atoms with Gasteiger partial charge in [0.1, 0.15) is 5.75 Å². The second-order valence-corrected chi connectivity index (χ2v) is 7.04. The van der Waals surface area contributed by atoms with Gasteiger partial charge in [-0.05, 0) is 48.9 Å². The first-order valence-electron chi connectivity index (χ1n) is 6.06. The van der Waals surface area contributed by atoms with Crippen LogP contribution in [0.2, 0.25) is 0 Å². The third-order valence-electron chi connectivity index (χ3n) is 2.89. The van der Waals surface area contributed by atoms with E-state index in [9.17, 15) is 8.42 Å². The van der Waals surface area contributed by atoms with Gasteiger partial charge < -0.3 is 10.5 Å². The van der Waals surface area contributed by atoms with Crippen molar-refractivity contribution in [2.45, 2.75) is 11.8 Å². The van der Waals surface area contributed by atoms with E-state index in [4.69, 9.17) is 10.5 Å². The van der Waals surface area contributed by atoms with Gasteiger partial charge in [0, 0.05) is 10.2 Å². The number of nitrogens with one attached hydrogen (secondary N) is 1. The molecule has 5 nitrogen and oxygen atoms in total. The quantitative estimate of drug-likeness (QED) is 0.809. The number of anilines is 2. The van der Waals surface area contributed by atoms with Crippen LogP contribution in [0.1, 0.15) is 5.56 Å². The number of halogens is 1. The van der Waals surface area contributed by atoms with Gasteiger partial charge in [0.05, 0.1) is 17.7 Å². The van der Waals surface area contributed by atoms with Crippen molar-refractivity contribution in [2.75, 3.05) is 17.6 Å². The van der Waals surface area contributed by atoms with E-state index in [2.05, 4.69) is 20.7 Å². The van der Waals surface area contributed by atoms with Gasteiger partial charge in [-0.25, -0.2) is 8.42 Å². The van der Waals surface area contributed by atoms with Crippen LogP contribution in [0.3, 0.4) is 0 Å². The lowest BCUT2D eigenvalue weighted by Gasteiger charge is -2.13. The van der Waals surface area contributed by atoms with Crippen molar-refractivity contribution in [1.29, 1.82) is 0 Å². The number of sulfonamides is 1. The summed E-state index contributed by atoms with van der Waals surface area (Å²) in [5.74, 6) is 0.440. The van der Waals surface area contributed by atoms with Gasteiger partial charge in [0.15, 0.2) is 0 Å². The average Bonchev–Trinajstić information content (AvgIpc) is 2.37. The lowest BCUT2D eigenvalue weighted by atomic mass is 10.2. The van der Waals surface area contributed by atoms with Crippen molar-refractivity contribution in [3.05, 3.63) is 46.4 Å². The van der Waals surface area contributed by atoms with E-state index in [1.165, 1.54) is 13.2 Å². The highest BCUT2D eigenvalue weighted by atomic mass is 79.9. The van der Waals surface area contributed by atoms with Gasteiger partial charge in [0.25, 0.3) is 10.0 Å². The molecule has 112 valence electrons. The van der Waals surface area contributed by atoms with Crippen LogP contribution in [0.5, 0.6) is 5.75 Å². The Bertz CT molecular complexity index is 776. The van der Waals surface area contributed by atoms with E-state index in [0.29, 0.717) is 22.7 Å². The van der Waals surface area contributed by atoms with Gasteiger partial charge in [-0.1, -0.05) is 15.9 Å². The van der Waals surface area contributed by atoms with Crippen LogP contribution < -0.4 is 15.2 Å². The first-order valence-corrected chi connectivity index (χ1v) is 8.33. The highest BCUT2D eigenvalue weighted by Gasteiger charge is 2.19. The fourth-order valence-electron chi connectivity index (χ4n) is 1.93. The minimum Gasteiger partial charge on any atom is -0.495 e. The van der Waals surface area contributed by atoms with Crippen molar-refractivity contribution in [3.8, 4) is 5.75 Å². The maximum Gasteiger partial charge on any atom is 0.262 e. The zero-order valence-corrected chi connectivity index (χ0v) is 14.0. The van der Waals surface area contributed by atoms with E-state index in [-0.39, 0.29) is 4.90 Å². The molecular formula is C14H15BrN2O3S. The van der Waals surface area contributed by atoms with Crippen molar-refractivity contribution in [3.63, 3.8) is 0 Å². The van der Waals surface area contributed by atoms with Crippen LogP contribution in [-0.4, -0.2) is 15.5 Å². The van der Waals surface area contributed by atoms with E-state index in [1.807, 2.05) is 0 Å². The lowest BCUT2D eigenvalue weighted by molar-refractivity contribution is 0.417. The van der Waals surface area contributed by atoms with Crippen LogP contribution in [-0.2, 0) is 10.0 Å². The predicted molar refractivity (Wildman–Crippen MR) is 87.1 cm³/mol. The molecule has 0 saturated heterocycles. The fraction of sp³-hybridized carbons (Fsp3) is 0.143. The lowest BCUT2D eigenvalue weighted by Crippen LogP contribution is -2.15. The molecule has 21 heavy (non-hydrogen) atoms. The SMILES string of the molecule is COc1ccc(Br)cc1NS(=O)(=O)c1ccc(N)cc1C. The standard InChI is InChI=1S/C14H15BrN2O3S/c1-9-7-11(16)4-6-14(9)21(18,19)17-12-8-10(15)3-5-13(12)20-2/h3-8,17H,16H2,1-2H3. The molecule has 0 aliphatic carbocycles. The summed E-state index contributed by atoms with van der Waals surface area (Å²) in [5.41, 5.74) is 7.11. The summed E-state index contributed by atoms with van der Waals surface area (Å²) in [6.07, 6.45) is 0. The Morgan fingerprint density at radius 1 is 1.19 bits per heavy atom. The number of nitrogen functional groups attached to an aromatic ring is 1. The number of methoxy groups -OCH3 is 1. The van der Waals surface area contributed by atoms with Crippen LogP contribution in [0.4, 0.5) is 11.4 Å². The number of hydrogen-bond acceptors (Lipinski definition) is 4. The fourth-order valence-corrected chi connectivity index (χ4v) is 3.58. The molecule has 0 amide bonds. The summed E-state index contributed by atoms with van der Waals surface area (Å²) in [4.78, 5) is 0.179. The second kappa shape index (κ2) is 5.95. The zero-order valence-electron chi connectivity index (χ0n) is 11.6. The highest BCUT2D eigenvalue weighted by Crippen LogP contribution is 2.30. The smallest absolute Gasteiger partial charge is 0.262 e. The Balaban J connectivity index is 2.44. The first-order chi connectivity index (χ1) is 9.83. The Hall–Kier alpha value is -1.73. The maximum atomic E-state index is 12.5. The number of ether oxygens (including phenoxy) is 1. The van der Waals surface area contributed by atoms with Crippen LogP contribution in [0, 0.1) is 6.92 Å². The topological polar surface area (TPSA) is 81.4 Å². The molecule has 0 atom stereocenters. The summed E-state index contributed by atoms with van der Waals surface area (Å²) in [7, 11) is -2.23. The largest absolute Gasteiger partial charge is 0.495 e. The molecule has 0 aliphatic heterocycles. The minimum absolute atomic E-state index is 0.179. The van der Waals surface area contributed by atoms with Crippen LogP contribution in [0.15, 0.2) is 45.8 Å². The third-order valence-corrected chi connectivity index (χ3v) is 4.91. The molecule has 0 aromatic heterocycles. The summed E-state index contributed by atoms with van der Waals surface area (Å²) < 4.78 is 33.4. The normalized spacial score (nSPS) is 11.2. The average molecular weight is 371 g/mol. The van der Waals surface area contributed by atoms with Crippen molar-refractivity contribution in [2.24, 2.45) is 0 Å². The van der Waals surface area contributed by atoms with E-state index in [0.717, 1.165) is 4.47 Å². The van der Waals surface area contributed by atoms with Crippen molar-refractivity contribution in [1.82, 2.24) is 0 Å². The van der Waals surface area contributed by atoms with Gasteiger partial charge in [0.2, 0.25) is 0 Å². The summed E-state index contributed by atoms with van der Waals surface area (Å²) in [6.45, 7) is 1.70. The molecule has 0 spiro atoms. The third kappa shape index (κ3) is 3.48. The molecule has 7 heteroatoms. The van der Waals surface area contributed by atoms with Gasteiger partial charge in [-0.3, -0.25) is 4.72 Å². The number of benzene rings is 2. The predicted octanol–water partition coefficient (Wildman–Crippen LogP) is 3.15. The van der Waals surface area contributed by atoms with Crippen LogP contribution in [0.25, 0.3) is 0 Å². The van der Waals surface area contributed by atoms with Gasteiger partial charge in [-0.15, -0.1) is 0 Å². The molecule has 0 bridgehead atoms. The molecular weight excluding hydrogens is 356 g/mol. The Labute approximate surface area is 132 Å². The molecule has 3 N–H and O–H groups in total.